The van der Waals surface area contributed by atoms with Gasteiger partial charge >= 0.3 is 0 Å². The second-order valence-electron chi connectivity index (χ2n) is 16.8. The second kappa shape index (κ2) is 13.8. The summed E-state index contributed by atoms with van der Waals surface area (Å²) in [5, 5.41) is 11.4. The summed E-state index contributed by atoms with van der Waals surface area (Å²) in [5.74, 6) is 1.76. The fraction of sp³-hybridized carbons (Fsp3) is 0. The van der Waals surface area contributed by atoms with Crippen LogP contribution in [0.1, 0.15) is 0 Å². The summed E-state index contributed by atoms with van der Waals surface area (Å²) in [4.78, 5) is 15.9. The largest absolute Gasteiger partial charge is 0.454 e. The molecule has 0 unspecified atom stereocenters. The third-order valence-corrected chi connectivity index (χ3v) is 13.1. The lowest BCUT2D eigenvalue weighted by Gasteiger charge is -2.14. The van der Waals surface area contributed by atoms with Crippen molar-refractivity contribution in [3.05, 3.63) is 212 Å². The Morgan fingerprint density at radius 3 is 1.80 bits per heavy atom. The molecule has 6 heteroatoms. The molecule has 0 bridgehead atoms. The lowest BCUT2D eigenvalue weighted by Crippen LogP contribution is -2.02. The van der Waals surface area contributed by atoms with Gasteiger partial charge in [0, 0.05) is 60.1 Å². The molecule has 0 fully saturated rings. The van der Waals surface area contributed by atoms with E-state index in [4.69, 9.17) is 19.4 Å². The average molecular weight is 830 g/mol. The first-order valence-corrected chi connectivity index (χ1v) is 21.9. The van der Waals surface area contributed by atoms with E-state index in [1.165, 1.54) is 43.1 Å². The molecule has 0 atom stereocenters. The minimum Gasteiger partial charge on any atom is -0.454 e. The Labute approximate surface area is 371 Å². The van der Waals surface area contributed by atoms with Gasteiger partial charge in [0.15, 0.2) is 23.1 Å². The fourth-order valence-electron chi connectivity index (χ4n) is 10.2. The maximum atomic E-state index is 7.03. The maximum Gasteiger partial charge on any atom is 0.164 e. The number of rotatable bonds is 5. The Morgan fingerprint density at radius 1 is 0.354 bits per heavy atom. The smallest absolute Gasteiger partial charge is 0.164 e. The van der Waals surface area contributed by atoms with E-state index in [2.05, 4.69) is 191 Å². The van der Waals surface area contributed by atoms with E-state index in [0.29, 0.717) is 17.5 Å². The summed E-state index contributed by atoms with van der Waals surface area (Å²) in [5.41, 5.74) is 10.7. The van der Waals surface area contributed by atoms with Crippen LogP contribution in [-0.4, -0.2) is 24.1 Å². The summed E-state index contributed by atoms with van der Waals surface area (Å²) in [6.45, 7) is 0. The Hall–Kier alpha value is -8.87. The first kappa shape index (κ1) is 35.7. The van der Waals surface area contributed by atoms with E-state index in [-0.39, 0.29) is 0 Å². The van der Waals surface area contributed by atoms with Crippen molar-refractivity contribution >= 4 is 87.1 Å². The van der Waals surface area contributed by atoms with Gasteiger partial charge in [-0.25, -0.2) is 15.0 Å². The molecule has 0 N–H and O–H groups in total. The molecule has 0 aliphatic heterocycles. The van der Waals surface area contributed by atoms with Crippen LogP contribution in [0.4, 0.5) is 0 Å². The normalized spacial score (nSPS) is 12.0. The van der Waals surface area contributed by atoms with Gasteiger partial charge in [0.05, 0.1) is 27.8 Å². The van der Waals surface area contributed by atoms with Crippen molar-refractivity contribution in [1.29, 1.82) is 0 Å². The van der Waals surface area contributed by atoms with Gasteiger partial charge in [0.2, 0.25) is 0 Å². The van der Waals surface area contributed by atoms with Gasteiger partial charge in [0.1, 0.15) is 5.58 Å². The van der Waals surface area contributed by atoms with Crippen molar-refractivity contribution in [2.24, 2.45) is 0 Å². The molecule has 0 saturated heterocycles. The van der Waals surface area contributed by atoms with Crippen LogP contribution in [0.25, 0.3) is 133 Å². The van der Waals surface area contributed by atoms with Gasteiger partial charge in [-0.15, -0.1) is 0 Å². The van der Waals surface area contributed by atoms with E-state index in [0.717, 1.165) is 72.1 Å². The highest BCUT2D eigenvalue weighted by molar-refractivity contribution is 6.22. The summed E-state index contributed by atoms with van der Waals surface area (Å²) < 4.78 is 11.8. The second-order valence-corrected chi connectivity index (χ2v) is 16.8. The van der Waals surface area contributed by atoms with E-state index in [1.807, 2.05) is 30.3 Å². The number of hydrogen-bond donors (Lipinski definition) is 0. The molecule has 4 aromatic heterocycles. The van der Waals surface area contributed by atoms with Crippen LogP contribution in [0.15, 0.2) is 217 Å². The predicted octanol–water partition coefficient (Wildman–Crippen LogP) is 15.3. The summed E-state index contributed by atoms with van der Waals surface area (Å²) in [7, 11) is 0. The minimum atomic E-state index is 0.569. The predicted molar refractivity (Wildman–Crippen MR) is 267 cm³/mol. The summed E-state index contributed by atoms with van der Waals surface area (Å²) in [6, 6.07) is 74.9. The third-order valence-electron chi connectivity index (χ3n) is 13.1. The highest BCUT2D eigenvalue weighted by Crippen LogP contribution is 2.44. The van der Waals surface area contributed by atoms with Crippen LogP contribution in [0.3, 0.4) is 0 Å². The average Bonchev–Trinajstić information content (AvgIpc) is 4.04. The van der Waals surface area contributed by atoms with Crippen molar-refractivity contribution < 1.29 is 4.42 Å². The molecule has 10 aromatic carbocycles. The van der Waals surface area contributed by atoms with Gasteiger partial charge in [0.25, 0.3) is 0 Å². The number of nitrogens with zero attached hydrogens (tertiary/aromatic N) is 5. The van der Waals surface area contributed by atoms with Crippen LogP contribution in [0.5, 0.6) is 0 Å². The summed E-state index contributed by atoms with van der Waals surface area (Å²) in [6.07, 6.45) is 0. The molecule has 0 radical (unpaired) electrons. The van der Waals surface area contributed by atoms with E-state index >= 15 is 0 Å². The number of para-hydroxylation sites is 3. The van der Waals surface area contributed by atoms with Crippen molar-refractivity contribution in [2.75, 3.05) is 0 Å². The zero-order valence-electron chi connectivity index (χ0n) is 34.9. The van der Waals surface area contributed by atoms with E-state index in [9.17, 15) is 0 Å². The zero-order chi connectivity index (χ0) is 42.6. The number of fused-ring (bicyclic) bond motifs is 12. The third kappa shape index (κ3) is 5.38. The lowest BCUT2D eigenvalue weighted by atomic mass is 10.0. The molecule has 0 aliphatic carbocycles. The first-order valence-electron chi connectivity index (χ1n) is 21.9. The van der Waals surface area contributed by atoms with Gasteiger partial charge in [-0.05, 0) is 70.8 Å². The molecule has 0 saturated carbocycles. The lowest BCUT2D eigenvalue weighted by molar-refractivity contribution is 0.666. The van der Waals surface area contributed by atoms with Crippen molar-refractivity contribution in [3.8, 4) is 45.5 Å². The molecule has 0 amide bonds. The molecule has 14 rings (SSSR count). The summed E-state index contributed by atoms with van der Waals surface area (Å²) >= 11 is 0. The number of benzene rings is 10. The van der Waals surface area contributed by atoms with Crippen LogP contribution in [0.2, 0.25) is 0 Å². The van der Waals surface area contributed by atoms with Gasteiger partial charge in [-0.3, -0.25) is 0 Å². The topological polar surface area (TPSA) is 61.7 Å². The highest BCUT2D eigenvalue weighted by Gasteiger charge is 2.24. The highest BCUT2D eigenvalue weighted by atomic mass is 16.3. The molecule has 65 heavy (non-hydrogen) atoms. The SMILES string of the molecule is c1ccc(-c2nc(-c3ccc4c5ccccc5n(-c5ccccc5)c4c3)nc(-c3ccc(-n4c5cc6ccccc6cc5c5ccc6ccccc6c54)c4oc5ccccc5c34)n2)cc1. The first-order chi connectivity index (χ1) is 32.2. The van der Waals surface area contributed by atoms with Gasteiger partial charge < -0.3 is 13.6 Å². The molecule has 14 aromatic rings. The fourth-order valence-corrected chi connectivity index (χ4v) is 10.2. The molecular formula is C59H35N5O. The van der Waals surface area contributed by atoms with Gasteiger partial charge in [-0.1, -0.05) is 158 Å². The van der Waals surface area contributed by atoms with Crippen LogP contribution in [0, 0.1) is 0 Å². The molecule has 0 aliphatic rings. The Kier molecular flexibility index (Phi) is 7.59. The molecular weight excluding hydrogens is 795 g/mol. The van der Waals surface area contributed by atoms with Crippen molar-refractivity contribution in [2.45, 2.75) is 0 Å². The van der Waals surface area contributed by atoms with Crippen LogP contribution < -0.4 is 0 Å². The monoisotopic (exact) mass is 829 g/mol. The van der Waals surface area contributed by atoms with E-state index in [1.54, 1.807) is 0 Å². The van der Waals surface area contributed by atoms with Crippen LogP contribution in [-0.2, 0) is 0 Å². The molecule has 0 spiro atoms. The van der Waals surface area contributed by atoms with E-state index < -0.39 is 0 Å². The maximum absolute atomic E-state index is 7.03. The Bertz CT molecular complexity index is 4240. The number of aromatic nitrogens is 5. The molecule has 4 heterocycles. The quantitative estimate of drug-likeness (QED) is 0.173. The van der Waals surface area contributed by atoms with Crippen molar-refractivity contribution in [1.82, 2.24) is 24.1 Å². The zero-order valence-corrected chi connectivity index (χ0v) is 34.9. The minimum absolute atomic E-state index is 0.569. The number of hydrogen-bond acceptors (Lipinski definition) is 4. The van der Waals surface area contributed by atoms with Crippen LogP contribution >= 0.6 is 0 Å². The molecule has 302 valence electrons. The Balaban J connectivity index is 1.05. The molecule has 6 nitrogen and oxygen atoms in total. The standard InChI is InChI=1S/C59H35N5O/c1-3-16-37(17-4-1)57-60-58(40-28-29-44-43-23-11-13-25-49(43)63(51(44)35-40)41-20-5-2-6-21-41)62-59(61-57)47-31-32-50(56-54(47)46-24-12-14-26-53(46)65-56)64-52-34-39-19-8-7-18-38(39)33-48(52)45-30-27-36-15-9-10-22-42(36)55(45)64/h1-35H. The Morgan fingerprint density at radius 2 is 0.969 bits per heavy atom. The van der Waals surface area contributed by atoms with Crippen molar-refractivity contribution in [3.63, 3.8) is 0 Å². The van der Waals surface area contributed by atoms with Gasteiger partial charge in [-0.2, -0.15) is 0 Å². The number of furan rings is 1.